The van der Waals surface area contributed by atoms with Crippen molar-refractivity contribution in [3.63, 3.8) is 0 Å². The maximum atomic E-state index is 13.7. The summed E-state index contributed by atoms with van der Waals surface area (Å²) in [4.78, 5) is 0. The highest BCUT2D eigenvalue weighted by molar-refractivity contribution is 5.51. The number of fused-ring (bicyclic) bond motifs is 1. The van der Waals surface area contributed by atoms with Gasteiger partial charge in [-0.25, -0.2) is 17.9 Å². The number of aryl methyl sites for hydroxylation is 1. The van der Waals surface area contributed by atoms with Gasteiger partial charge < -0.3 is 5.73 Å². The highest BCUT2D eigenvalue weighted by atomic mass is 19.2. The quantitative estimate of drug-likeness (QED) is 0.807. The Hall–Kier alpha value is -1.98. The number of rotatable bonds is 1. The molecule has 0 unspecified atom stereocenters. The van der Waals surface area contributed by atoms with Crippen molar-refractivity contribution < 1.29 is 13.2 Å². The van der Waals surface area contributed by atoms with E-state index in [-0.39, 0.29) is 5.69 Å². The number of hydrogen-bond acceptors (Lipinski definition) is 2. The Morgan fingerprint density at radius 3 is 2.42 bits per heavy atom. The number of anilines is 1. The average molecular weight is 267 g/mol. The third kappa shape index (κ3) is 1.87. The van der Waals surface area contributed by atoms with E-state index in [4.69, 9.17) is 5.73 Å². The predicted molar refractivity (Wildman–Crippen MR) is 64.5 cm³/mol. The predicted octanol–water partition coefficient (Wildman–Crippen LogP) is 2.75. The van der Waals surface area contributed by atoms with Gasteiger partial charge in [0, 0.05) is 17.7 Å². The van der Waals surface area contributed by atoms with Gasteiger partial charge in [-0.05, 0) is 25.7 Å². The topological polar surface area (TPSA) is 43.8 Å². The molecule has 1 aromatic carbocycles. The average Bonchev–Trinajstić information content (AvgIpc) is 2.72. The summed E-state index contributed by atoms with van der Waals surface area (Å²) in [5, 5.41) is 4.21. The molecule has 0 amide bonds. The Labute approximate surface area is 107 Å². The van der Waals surface area contributed by atoms with E-state index in [1.54, 1.807) is 0 Å². The van der Waals surface area contributed by atoms with Gasteiger partial charge in [-0.1, -0.05) is 0 Å². The SMILES string of the molecule is Nc1c2c(nn1-c1cc(F)c(F)cc1F)CCCC2. The van der Waals surface area contributed by atoms with Crippen molar-refractivity contribution in [3.8, 4) is 5.69 Å². The van der Waals surface area contributed by atoms with E-state index < -0.39 is 17.5 Å². The number of nitrogens with two attached hydrogens (primary N) is 1. The van der Waals surface area contributed by atoms with Gasteiger partial charge in [0.2, 0.25) is 0 Å². The van der Waals surface area contributed by atoms with Crippen LogP contribution in [0, 0.1) is 17.5 Å². The lowest BCUT2D eigenvalue weighted by Crippen LogP contribution is -2.06. The smallest absolute Gasteiger partial charge is 0.161 e. The largest absolute Gasteiger partial charge is 0.383 e. The summed E-state index contributed by atoms with van der Waals surface area (Å²) in [5.41, 5.74) is 7.47. The Morgan fingerprint density at radius 2 is 1.68 bits per heavy atom. The van der Waals surface area contributed by atoms with Gasteiger partial charge in [-0.2, -0.15) is 5.10 Å². The molecule has 0 bridgehead atoms. The first-order valence-electron chi connectivity index (χ1n) is 6.09. The van der Waals surface area contributed by atoms with E-state index in [1.807, 2.05) is 0 Å². The fourth-order valence-corrected chi connectivity index (χ4v) is 2.44. The first-order chi connectivity index (χ1) is 9.08. The van der Waals surface area contributed by atoms with Crippen LogP contribution in [-0.2, 0) is 12.8 Å². The van der Waals surface area contributed by atoms with Gasteiger partial charge in [0.05, 0.1) is 5.69 Å². The molecule has 6 heteroatoms. The second-order valence-electron chi connectivity index (χ2n) is 4.65. The highest BCUT2D eigenvalue weighted by Crippen LogP contribution is 2.29. The molecule has 19 heavy (non-hydrogen) atoms. The second-order valence-corrected chi connectivity index (χ2v) is 4.65. The van der Waals surface area contributed by atoms with Crippen molar-refractivity contribution >= 4 is 5.82 Å². The number of hydrogen-bond donors (Lipinski definition) is 1. The Bertz CT molecular complexity index is 649. The fourth-order valence-electron chi connectivity index (χ4n) is 2.44. The van der Waals surface area contributed by atoms with E-state index in [0.717, 1.165) is 47.7 Å². The molecule has 1 aliphatic carbocycles. The lowest BCUT2D eigenvalue weighted by Gasteiger charge is -2.09. The summed E-state index contributed by atoms with van der Waals surface area (Å²) >= 11 is 0. The maximum absolute atomic E-state index is 13.7. The van der Waals surface area contributed by atoms with Crippen LogP contribution in [0.2, 0.25) is 0 Å². The highest BCUT2D eigenvalue weighted by Gasteiger charge is 2.21. The van der Waals surface area contributed by atoms with Crippen molar-refractivity contribution in [2.75, 3.05) is 5.73 Å². The molecule has 1 aromatic heterocycles. The first kappa shape index (κ1) is 12.1. The lowest BCUT2D eigenvalue weighted by atomic mass is 9.98. The van der Waals surface area contributed by atoms with E-state index in [9.17, 15) is 13.2 Å². The monoisotopic (exact) mass is 267 g/mol. The van der Waals surface area contributed by atoms with E-state index in [1.165, 1.54) is 0 Å². The Morgan fingerprint density at radius 1 is 1.00 bits per heavy atom. The van der Waals surface area contributed by atoms with Crippen molar-refractivity contribution in [3.05, 3.63) is 40.8 Å². The molecule has 0 aliphatic heterocycles. The van der Waals surface area contributed by atoms with Crippen molar-refractivity contribution in [2.45, 2.75) is 25.7 Å². The van der Waals surface area contributed by atoms with Gasteiger partial charge in [0.15, 0.2) is 17.5 Å². The third-order valence-corrected chi connectivity index (χ3v) is 3.41. The van der Waals surface area contributed by atoms with Gasteiger partial charge in [0.1, 0.15) is 11.5 Å². The standard InChI is InChI=1S/C13H12F3N3/c14-8-5-10(16)12(6-9(8)15)19-13(17)7-3-1-2-4-11(7)18-19/h5-6H,1-4,17H2. The lowest BCUT2D eigenvalue weighted by molar-refractivity contribution is 0.491. The molecule has 0 spiro atoms. The minimum atomic E-state index is -1.23. The molecule has 3 nitrogen and oxygen atoms in total. The van der Waals surface area contributed by atoms with Crippen LogP contribution >= 0.6 is 0 Å². The van der Waals surface area contributed by atoms with Crippen LogP contribution in [0.3, 0.4) is 0 Å². The van der Waals surface area contributed by atoms with Crippen LogP contribution in [0.15, 0.2) is 12.1 Å². The number of halogens is 3. The van der Waals surface area contributed by atoms with Gasteiger partial charge in [-0.3, -0.25) is 0 Å². The molecule has 3 rings (SSSR count). The second kappa shape index (κ2) is 4.29. The zero-order chi connectivity index (χ0) is 13.6. The molecule has 1 heterocycles. The van der Waals surface area contributed by atoms with Crippen LogP contribution in [-0.4, -0.2) is 9.78 Å². The number of benzene rings is 1. The summed E-state index contributed by atoms with van der Waals surface area (Å²) in [6, 6.07) is 1.28. The minimum Gasteiger partial charge on any atom is -0.383 e. The van der Waals surface area contributed by atoms with Crippen LogP contribution in [0.1, 0.15) is 24.1 Å². The molecule has 2 aromatic rings. The summed E-state index contributed by atoms with van der Waals surface area (Å²) in [6.07, 6.45) is 3.57. The molecular formula is C13H12F3N3. The van der Waals surface area contributed by atoms with Crippen molar-refractivity contribution in [1.29, 1.82) is 0 Å². The maximum Gasteiger partial charge on any atom is 0.161 e. The van der Waals surface area contributed by atoms with Crippen LogP contribution in [0.4, 0.5) is 19.0 Å². The normalized spacial score (nSPS) is 14.5. The van der Waals surface area contributed by atoms with Crippen LogP contribution in [0.5, 0.6) is 0 Å². The van der Waals surface area contributed by atoms with E-state index in [0.29, 0.717) is 11.9 Å². The molecule has 0 fully saturated rings. The van der Waals surface area contributed by atoms with Crippen molar-refractivity contribution in [2.24, 2.45) is 0 Å². The van der Waals surface area contributed by atoms with Gasteiger partial charge in [-0.15, -0.1) is 0 Å². The van der Waals surface area contributed by atoms with E-state index in [2.05, 4.69) is 5.10 Å². The first-order valence-corrected chi connectivity index (χ1v) is 6.09. The molecule has 1 aliphatic rings. The zero-order valence-electron chi connectivity index (χ0n) is 10.1. The molecule has 0 atom stereocenters. The van der Waals surface area contributed by atoms with Gasteiger partial charge >= 0.3 is 0 Å². The van der Waals surface area contributed by atoms with Crippen LogP contribution in [0.25, 0.3) is 5.69 Å². The molecule has 0 saturated carbocycles. The summed E-state index contributed by atoms with van der Waals surface area (Å²) in [6.45, 7) is 0. The number of nitrogens with zero attached hydrogens (tertiary/aromatic N) is 2. The van der Waals surface area contributed by atoms with Crippen LogP contribution < -0.4 is 5.73 Å². The zero-order valence-corrected chi connectivity index (χ0v) is 10.1. The van der Waals surface area contributed by atoms with Gasteiger partial charge in [0.25, 0.3) is 0 Å². The Balaban J connectivity index is 2.17. The molecular weight excluding hydrogens is 255 g/mol. The Kier molecular flexibility index (Phi) is 2.73. The van der Waals surface area contributed by atoms with E-state index >= 15 is 0 Å². The fraction of sp³-hybridized carbons (Fsp3) is 0.308. The number of aromatic nitrogens is 2. The summed E-state index contributed by atoms with van der Waals surface area (Å²) < 4.78 is 41.1. The molecule has 100 valence electrons. The number of nitrogen functional groups attached to an aromatic ring is 1. The minimum absolute atomic E-state index is 0.161. The molecule has 2 N–H and O–H groups in total. The summed E-state index contributed by atoms with van der Waals surface area (Å²) in [5.74, 6) is -2.92. The van der Waals surface area contributed by atoms with Crippen molar-refractivity contribution in [1.82, 2.24) is 9.78 Å². The molecule has 0 saturated heterocycles. The molecule has 0 radical (unpaired) electrons. The third-order valence-electron chi connectivity index (χ3n) is 3.41. The summed E-state index contributed by atoms with van der Waals surface area (Å²) in [7, 11) is 0.